The maximum Gasteiger partial charge on any atom is 0.136 e. The van der Waals surface area contributed by atoms with E-state index in [0.717, 1.165) is 0 Å². The summed E-state index contributed by atoms with van der Waals surface area (Å²) in [5.74, 6) is 0.110. The molecule has 0 amide bonds. The van der Waals surface area contributed by atoms with Gasteiger partial charge < -0.3 is 4.74 Å². The minimum absolute atomic E-state index is 0.370. The van der Waals surface area contributed by atoms with E-state index >= 15 is 0 Å². The van der Waals surface area contributed by atoms with Crippen LogP contribution in [-0.2, 0) is 0 Å². The zero-order chi connectivity index (χ0) is 11.5. The molecule has 0 radical (unpaired) electrons. The zero-order valence-corrected chi connectivity index (χ0v) is 10.0. The SMILES string of the molecule is COc1ccc(-c2cc(Br)ncn2)c(F)c1. The summed E-state index contributed by atoms with van der Waals surface area (Å²) in [4.78, 5) is 7.89. The summed E-state index contributed by atoms with van der Waals surface area (Å²) < 4.78 is 19.2. The van der Waals surface area contributed by atoms with Crippen molar-refractivity contribution in [3.05, 3.63) is 41.0 Å². The zero-order valence-electron chi connectivity index (χ0n) is 8.45. The van der Waals surface area contributed by atoms with Gasteiger partial charge in [0.05, 0.1) is 12.8 Å². The van der Waals surface area contributed by atoms with Crippen LogP contribution < -0.4 is 4.74 Å². The van der Waals surface area contributed by atoms with Crippen LogP contribution in [0.2, 0.25) is 0 Å². The van der Waals surface area contributed by atoms with E-state index in [4.69, 9.17) is 4.74 Å². The van der Waals surface area contributed by atoms with Crippen molar-refractivity contribution < 1.29 is 9.13 Å². The van der Waals surface area contributed by atoms with Gasteiger partial charge in [-0.05, 0) is 34.1 Å². The van der Waals surface area contributed by atoms with Crippen LogP contribution in [0.4, 0.5) is 4.39 Å². The molecule has 2 rings (SSSR count). The van der Waals surface area contributed by atoms with E-state index in [1.54, 1.807) is 18.2 Å². The van der Waals surface area contributed by atoms with Gasteiger partial charge in [-0.1, -0.05) is 0 Å². The maximum absolute atomic E-state index is 13.7. The van der Waals surface area contributed by atoms with Gasteiger partial charge in [0, 0.05) is 11.6 Å². The number of hydrogen-bond donors (Lipinski definition) is 0. The predicted molar refractivity (Wildman–Crippen MR) is 61.7 cm³/mol. The second-order valence-electron chi connectivity index (χ2n) is 3.07. The van der Waals surface area contributed by atoms with Gasteiger partial charge in [-0.25, -0.2) is 14.4 Å². The maximum atomic E-state index is 13.7. The third-order valence-corrected chi connectivity index (χ3v) is 2.52. The van der Waals surface area contributed by atoms with Crippen molar-refractivity contribution in [1.82, 2.24) is 9.97 Å². The standard InChI is InChI=1S/C11H8BrFN2O/c1-16-7-2-3-8(9(13)4-7)10-5-11(12)15-6-14-10/h2-6H,1H3. The van der Waals surface area contributed by atoms with Crippen molar-refractivity contribution in [2.45, 2.75) is 0 Å². The van der Waals surface area contributed by atoms with Crippen molar-refractivity contribution >= 4 is 15.9 Å². The summed E-state index contributed by atoms with van der Waals surface area (Å²) in [6, 6.07) is 6.30. The summed E-state index contributed by atoms with van der Waals surface area (Å²) in [5, 5.41) is 0. The van der Waals surface area contributed by atoms with E-state index in [-0.39, 0.29) is 5.82 Å². The number of methoxy groups -OCH3 is 1. The minimum atomic E-state index is -0.370. The molecule has 0 N–H and O–H groups in total. The first-order valence-corrected chi connectivity index (χ1v) is 5.31. The van der Waals surface area contributed by atoms with E-state index < -0.39 is 0 Å². The van der Waals surface area contributed by atoms with Crippen LogP contribution >= 0.6 is 15.9 Å². The predicted octanol–water partition coefficient (Wildman–Crippen LogP) is 3.05. The first-order valence-electron chi connectivity index (χ1n) is 4.52. The molecule has 0 saturated heterocycles. The molecule has 1 aromatic carbocycles. The highest BCUT2D eigenvalue weighted by atomic mass is 79.9. The average molecular weight is 283 g/mol. The molecule has 0 aliphatic carbocycles. The highest BCUT2D eigenvalue weighted by molar-refractivity contribution is 9.10. The highest BCUT2D eigenvalue weighted by Crippen LogP contribution is 2.25. The molecule has 5 heteroatoms. The lowest BCUT2D eigenvalue weighted by atomic mass is 10.1. The van der Waals surface area contributed by atoms with E-state index in [1.807, 2.05) is 0 Å². The van der Waals surface area contributed by atoms with E-state index in [0.29, 0.717) is 21.6 Å². The minimum Gasteiger partial charge on any atom is -0.497 e. The number of nitrogens with zero attached hydrogens (tertiary/aromatic N) is 2. The normalized spacial score (nSPS) is 10.2. The van der Waals surface area contributed by atoms with Crippen LogP contribution in [0, 0.1) is 5.82 Å². The Morgan fingerprint density at radius 2 is 2.06 bits per heavy atom. The average Bonchev–Trinajstić information content (AvgIpc) is 2.28. The Kier molecular flexibility index (Phi) is 3.14. The molecule has 1 heterocycles. The van der Waals surface area contributed by atoms with Crippen molar-refractivity contribution in [3.8, 4) is 17.0 Å². The van der Waals surface area contributed by atoms with Crippen LogP contribution in [0.5, 0.6) is 5.75 Å². The third-order valence-electron chi connectivity index (χ3n) is 2.09. The molecular weight excluding hydrogens is 275 g/mol. The molecule has 0 spiro atoms. The summed E-state index contributed by atoms with van der Waals surface area (Å²) in [6.45, 7) is 0. The molecule has 0 aliphatic rings. The van der Waals surface area contributed by atoms with E-state index in [2.05, 4.69) is 25.9 Å². The van der Waals surface area contributed by atoms with Gasteiger partial charge in [0.15, 0.2) is 0 Å². The van der Waals surface area contributed by atoms with Gasteiger partial charge in [0.2, 0.25) is 0 Å². The smallest absolute Gasteiger partial charge is 0.136 e. The number of aromatic nitrogens is 2. The fourth-order valence-corrected chi connectivity index (χ4v) is 1.62. The number of halogens is 2. The van der Waals surface area contributed by atoms with E-state index in [9.17, 15) is 4.39 Å². The van der Waals surface area contributed by atoms with Gasteiger partial charge in [0.25, 0.3) is 0 Å². The first-order chi connectivity index (χ1) is 7.70. The quantitative estimate of drug-likeness (QED) is 0.794. The Morgan fingerprint density at radius 3 is 2.69 bits per heavy atom. The van der Waals surface area contributed by atoms with Crippen molar-refractivity contribution in [2.75, 3.05) is 7.11 Å². The second kappa shape index (κ2) is 4.57. The Morgan fingerprint density at radius 1 is 1.25 bits per heavy atom. The largest absolute Gasteiger partial charge is 0.497 e. The molecule has 0 fully saturated rings. The summed E-state index contributed by atoms with van der Waals surface area (Å²) >= 11 is 3.21. The van der Waals surface area contributed by atoms with Gasteiger partial charge in [-0.2, -0.15) is 0 Å². The third kappa shape index (κ3) is 2.19. The Hall–Kier alpha value is -1.49. The lowest BCUT2D eigenvalue weighted by Gasteiger charge is -2.04. The molecule has 0 atom stereocenters. The number of ether oxygens (including phenoxy) is 1. The highest BCUT2D eigenvalue weighted by Gasteiger charge is 2.08. The Balaban J connectivity index is 2.48. The van der Waals surface area contributed by atoms with Crippen LogP contribution in [0.25, 0.3) is 11.3 Å². The lowest BCUT2D eigenvalue weighted by Crippen LogP contribution is -1.91. The number of benzene rings is 1. The first kappa shape index (κ1) is 11.0. The molecule has 0 unspecified atom stereocenters. The summed E-state index contributed by atoms with van der Waals surface area (Å²) in [6.07, 6.45) is 1.38. The lowest BCUT2D eigenvalue weighted by molar-refractivity contribution is 0.411. The van der Waals surface area contributed by atoms with Crippen LogP contribution in [0.3, 0.4) is 0 Å². The van der Waals surface area contributed by atoms with Gasteiger partial charge in [-0.3, -0.25) is 0 Å². The fourth-order valence-electron chi connectivity index (χ4n) is 1.31. The molecule has 0 saturated carbocycles. The topological polar surface area (TPSA) is 35.0 Å². The van der Waals surface area contributed by atoms with Crippen LogP contribution in [0.1, 0.15) is 0 Å². The monoisotopic (exact) mass is 282 g/mol. The number of hydrogen-bond acceptors (Lipinski definition) is 3. The molecular formula is C11H8BrFN2O. The summed E-state index contributed by atoms with van der Waals surface area (Å²) in [5.41, 5.74) is 0.950. The van der Waals surface area contributed by atoms with Crippen molar-refractivity contribution in [2.24, 2.45) is 0 Å². The van der Waals surface area contributed by atoms with Crippen molar-refractivity contribution in [1.29, 1.82) is 0 Å². The van der Waals surface area contributed by atoms with Crippen LogP contribution in [0.15, 0.2) is 35.2 Å². The molecule has 2 aromatic rings. The Labute approximate surface area is 100 Å². The molecule has 0 bridgehead atoms. The molecule has 1 aromatic heterocycles. The fraction of sp³-hybridized carbons (Fsp3) is 0.0909. The second-order valence-corrected chi connectivity index (χ2v) is 3.88. The molecule has 16 heavy (non-hydrogen) atoms. The summed E-state index contributed by atoms with van der Waals surface area (Å²) in [7, 11) is 1.50. The van der Waals surface area contributed by atoms with E-state index in [1.165, 1.54) is 19.5 Å². The van der Waals surface area contributed by atoms with Gasteiger partial charge in [-0.15, -0.1) is 0 Å². The molecule has 3 nitrogen and oxygen atoms in total. The van der Waals surface area contributed by atoms with Gasteiger partial charge in [0.1, 0.15) is 22.5 Å². The molecule has 0 aliphatic heterocycles. The van der Waals surface area contributed by atoms with Gasteiger partial charge >= 0.3 is 0 Å². The number of rotatable bonds is 2. The van der Waals surface area contributed by atoms with Crippen LogP contribution in [-0.4, -0.2) is 17.1 Å². The Bertz CT molecular complexity index is 519. The van der Waals surface area contributed by atoms with Crippen molar-refractivity contribution in [3.63, 3.8) is 0 Å². The molecule has 82 valence electrons.